The van der Waals surface area contributed by atoms with Gasteiger partial charge < -0.3 is 15.4 Å². The second-order valence-electron chi connectivity index (χ2n) is 6.40. The number of methoxy groups -OCH3 is 1. The van der Waals surface area contributed by atoms with E-state index in [-0.39, 0.29) is 5.41 Å². The van der Waals surface area contributed by atoms with Gasteiger partial charge in [0.1, 0.15) is 0 Å². The normalized spacial score (nSPS) is 37.9. The molecule has 2 aliphatic carbocycles. The van der Waals surface area contributed by atoms with E-state index in [1.165, 1.54) is 6.42 Å². The summed E-state index contributed by atoms with van der Waals surface area (Å²) >= 11 is 0. The van der Waals surface area contributed by atoms with Crippen LogP contribution in [0.4, 0.5) is 0 Å². The Bertz CT molecular complexity index is 327. The highest BCUT2D eigenvalue weighted by molar-refractivity contribution is 5.80. The number of aliphatic imine (C=N–C) groups is 1. The van der Waals surface area contributed by atoms with Crippen LogP contribution in [0.25, 0.3) is 0 Å². The monoisotopic (exact) mass is 253 g/mol. The summed E-state index contributed by atoms with van der Waals surface area (Å²) in [6, 6.07) is 0.449. The van der Waals surface area contributed by atoms with E-state index in [1.54, 1.807) is 7.11 Å². The van der Waals surface area contributed by atoms with Gasteiger partial charge in [-0.15, -0.1) is 0 Å². The van der Waals surface area contributed by atoms with Crippen molar-refractivity contribution in [3.05, 3.63) is 0 Å². The maximum atomic E-state index is 5.47. The summed E-state index contributed by atoms with van der Waals surface area (Å²) in [5, 5.41) is 6.94. The third kappa shape index (κ3) is 2.63. The maximum absolute atomic E-state index is 5.47. The summed E-state index contributed by atoms with van der Waals surface area (Å²) < 4.78 is 5.47. The summed E-state index contributed by atoms with van der Waals surface area (Å²) in [6.07, 6.45) is 2.77. The quantitative estimate of drug-likeness (QED) is 0.591. The van der Waals surface area contributed by atoms with Crippen molar-refractivity contribution in [3.63, 3.8) is 0 Å². The standard InChI is InChI=1S/C14H27N3O/c1-9-6-10(9)8-16-13(15-4)17-11-7-12(18-5)14(11,2)3/h9-12H,6-8H2,1-5H3,(H2,15,16,17). The molecule has 0 aromatic heterocycles. The lowest BCUT2D eigenvalue weighted by Gasteiger charge is -2.51. The second kappa shape index (κ2) is 5.08. The first-order valence-corrected chi connectivity index (χ1v) is 6.99. The molecule has 0 heterocycles. The zero-order valence-corrected chi connectivity index (χ0v) is 12.3. The highest BCUT2D eigenvalue weighted by Gasteiger charge is 2.49. The van der Waals surface area contributed by atoms with E-state index in [0.29, 0.717) is 12.1 Å². The first kappa shape index (κ1) is 13.7. The van der Waals surface area contributed by atoms with Crippen LogP contribution in [0, 0.1) is 17.3 Å². The molecule has 0 spiro atoms. The lowest BCUT2D eigenvalue weighted by Crippen LogP contribution is -2.63. The molecule has 0 aromatic rings. The molecule has 2 aliphatic rings. The Morgan fingerprint density at radius 1 is 1.39 bits per heavy atom. The second-order valence-corrected chi connectivity index (χ2v) is 6.40. The summed E-state index contributed by atoms with van der Waals surface area (Å²) in [6.45, 7) is 7.85. The highest BCUT2D eigenvalue weighted by Crippen LogP contribution is 2.42. The average molecular weight is 253 g/mol. The molecule has 0 aliphatic heterocycles. The van der Waals surface area contributed by atoms with Gasteiger partial charge in [-0.3, -0.25) is 4.99 Å². The molecule has 18 heavy (non-hydrogen) atoms. The van der Waals surface area contributed by atoms with Gasteiger partial charge in [-0.1, -0.05) is 20.8 Å². The summed E-state index contributed by atoms with van der Waals surface area (Å²) in [4.78, 5) is 4.30. The SMILES string of the molecule is CN=C(NCC1CC1C)NC1CC(OC)C1(C)C. The van der Waals surface area contributed by atoms with Crippen LogP contribution in [-0.2, 0) is 4.74 Å². The van der Waals surface area contributed by atoms with E-state index in [9.17, 15) is 0 Å². The molecule has 0 amide bonds. The van der Waals surface area contributed by atoms with Gasteiger partial charge in [0, 0.05) is 32.2 Å². The minimum Gasteiger partial charge on any atom is -0.381 e. The molecule has 0 radical (unpaired) electrons. The van der Waals surface area contributed by atoms with Crippen molar-refractivity contribution in [3.8, 4) is 0 Å². The van der Waals surface area contributed by atoms with Crippen LogP contribution in [0.3, 0.4) is 0 Å². The van der Waals surface area contributed by atoms with Crippen LogP contribution in [0.2, 0.25) is 0 Å². The molecule has 0 aromatic carbocycles. The molecule has 104 valence electrons. The van der Waals surface area contributed by atoms with Crippen molar-refractivity contribution < 1.29 is 4.74 Å². The topological polar surface area (TPSA) is 45.7 Å². The zero-order valence-electron chi connectivity index (χ0n) is 12.3. The van der Waals surface area contributed by atoms with Gasteiger partial charge >= 0.3 is 0 Å². The Balaban J connectivity index is 1.77. The van der Waals surface area contributed by atoms with Gasteiger partial charge in [0.25, 0.3) is 0 Å². The van der Waals surface area contributed by atoms with Crippen molar-refractivity contribution in [2.24, 2.45) is 22.2 Å². The lowest BCUT2D eigenvalue weighted by atomic mass is 9.64. The van der Waals surface area contributed by atoms with Gasteiger partial charge in [-0.2, -0.15) is 0 Å². The Hall–Kier alpha value is -0.770. The van der Waals surface area contributed by atoms with Crippen molar-refractivity contribution in [2.75, 3.05) is 20.7 Å². The fourth-order valence-electron chi connectivity index (χ4n) is 2.80. The van der Waals surface area contributed by atoms with Crippen molar-refractivity contribution >= 4 is 5.96 Å². The van der Waals surface area contributed by atoms with E-state index < -0.39 is 0 Å². The first-order chi connectivity index (χ1) is 8.48. The number of nitrogens with one attached hydrogen (secondary N) is 2. The Morgan fingerprint density at radius 2 is 2.06 bits per heavy atom. The Kier molecular flexibility index (Phi) is 3.85. The Labute approximate surface area is 111 Å². The number of hydrogen-bond donors (Lipinski definition) is 2. The average Bonchev–Trinajstić information content (AvgIpc) is 3.03. The van der Waals surface area contributed by atoms with Gasteiger partial charge in [-0.05, 0) is 24.7 Å². The lowest BCUT2D eigenvalue weighted by molar-refractivity contribution is -0.0922. The highest BCUT2D eigenvalue weighted by atomic mass is 16.5. The number of guanidine groups is 1. The smallest absolute Gasteiger partial charge is 0.191 e. The van der Waals surface area contributed by atoms with Crippen molar-refractivity contribution in [1.82, 2.24) is 10.6 Å². The Morgan fingerprint density at radius 3 is 2.50 bits per heavy atom. The number of ether oxygens (including phenoxy) is 1. The number of hydrogen-bond acceptors (Lipinski definition) is 2. The van der Waals surface area contributed by atoms with Crippen LogP contribution in [0.5, 0.6) is 0 Å². The van der Waals surface area contributed by atoms with Crippen LogP contribution in [0.1, 0.15) is 33.6 Å². The molecular formula is C14H27N3O. The van der Waals surface area contributed by atoms with Crippen molar-refractivity contribution in [1.29, 1.82) is 0 Å². The van der Waals surface area contributed by atoms with E-state index in [2.05, 4.69) is 36.4 Å². The fourth-order valence-corrected chi connectivity index (χ4v) is 2.80. The zero-order chi connectivity index (χ0) is 13.3. The molecule has 4 unspecified atom stereocenters. The third-order valence-electron chi connectivity index (χ3n) is 4.80. The van der Waals surface area contributed by atoms with Crippen LogP contribution < -0.4 is 10.6 Å². The van der Waals surface area contributed by atoms with Crippen molar-refractivity contribution in [2.45, 2.75) is 45.8 Å². The molecule has 0 bridgehead atoms. The van der Waals surface area contributed by atoms with Gasteiger partial charge in [0.15, 0.2) is 5.96 Å². The van der Waals surface area contributed by atoms with Crippen LogP contribution in [0.15, 0.2) is 4.99 Å². The molecule has 2 saturated carbocycles. The van der Waals surface area contributed by atoms with E-state index in [4.69, 9.17) is 4.74 Å². The summed E-state index contributed by atoms with van der Waals surface area (Å²) in [5.41, 5.74) is 0.180. The predicted octanol–water partition coefficient (Wildman–Crippen LogP) is 1.62. The maximum Gasteiger partial charge on any atom is 0.191 e. The van der Waals surface area contributed by atoms with Crippen LogP contribution in [-0.4, -0.2) is 38.8 Å². The molecule has 4 heteroatoms. The fraction of sp³-hybridized carbons (Fsp3) is 0.929. The summed E-state index contributed by atoms with van der Waals surface area (Å²) in [5.74, 6) is 2.65. The number of nitrogens with zero attached hydrogens (tertiary/aromatic N) is 1. The molecule has 2 N–H and O–H groups in total. The van der Waals surface area contributed by atoms with E-state index in [1.807, 2.05) is 7.05 Å². The minimum absolute atomic E-state index is 0.180. The van der Waals surface area contributed by atoms with Gasteiger partial charge in [-0.25, -0.2) is 0 Å². The molecule has 0 saturated heterocycles. The molecular weight excluding hydrogens is 226 g/mol. The van der Waals surface area contributed by atoms with Crippen LogP contribution >= 0.6 is 0 Å². The molecule has 4 nitrogen and oxygen atoms in total. The predicted molar refractivity (Wildman–Crippen MR) is 74.8 cm³/mol. The van der Waals surface area contributed by atoms with Gasteiger partial charge in [0.2, 0.25) is 0 Å². The molecule has 2 rings (SSSR count). The third-order valence-corrected chi connectivity index (χ3v) is 4.80. The number of rotatable bonds is 4. The molecule has 4 atom stereocenters. The first-order valence-electron chi connectivity index (χ1n) is 6.99. The molecule has 2 fully saturated rings. The van der Waals surface area contributed by atoms with E-state index >= 15 is 0 Å². The van der Waals surface area contributed by atoms with Gasteiger partial charge in [0.05, 0.1) is 6.10 Å². The van der Waals surface area contributed by atoms with E-state index in [0.717, 1.165) is 30.8 Å². The minimum atomic E-state index is 0.180. The largest absolute Gasteiger partial charge is 0.381 e. The summed E-state index contributed by atoms with van der Waals surface area (Å²) in [7, 11) is 3.63.